The SMILES string of the molecule is COCCCN(C)Cc1cccc(CNC2CC2)c1. The lowest BCUT2D eigenvalue weighted by Gasteiger charge is -2.17. The van der Waals surface area contributed by atoms with Crippen LogP contribution in [0.5, 0.6) is 0 Å². The quantitative estimate of drug-likeness (QED) is 0.692. The Bertz CT molecular complexity index is 377. The van der Waals surface area contributed by atoms with Crippen LogP contribution in [-0.2, 0) is 17.8 Å². The second kappa shape index (κ2) is 7.63. The molecule has 0 radical (unpaired) electrons. The standard InChI is InChI=1S/C16H26N2O/c1-18(9-4-10-19-2)13-15-6-3-5-14(11-15)12-17-16-7-8-16/h3,5-6,11,16-17H,4,7-10,12-13H2,1-2H3. The van der Waals surface area contributed by atoms with Gasteiger partial charge < -0.3 is 15.0 Å². The van der Waals surface area contributed by atoms with Crippen LogP contribution in [0.1, 0.15) is 30.4 Å². The zero-order valence-corrected chi connectivity index (χ0v) is 12.2. The van der Waals surface area contributed by atoms with Gasteiger partial charge in [-0.25, -0.2) is 0 Å². The van der Waals surface area contributed by atoms with E-state index in [1.54, 1.807) is 7.11 Å². The molecule has 1 N–H and O–H groups in total. The Labute approximate surface area is 116 Å². The molecule has 1 aromatic rings. The maximum absolute atomic E-state index is 5.09. The van der Waals surface area contributed by atoms with Crippen molar-refractivity contribution in [3.63, 3.8) is 0 Å². The fourth-order valence-corrected chi connectivity index (χ4v) is 2.26. The van der Waals surface area contributed by atoms with E-state index in [4.69, 9.17) is 4.74 Å². The van der Waals surface area contributed by atoms with Gasteiger partial charge in [-0.2, -0.15) is 0 Å². The zero-order chi connectivity index (χ0) is 13.5. The van der Waals surface area contributed by atoms with E-state index in [1.807, 2.05) is 0 Å². The average molecular weight is 262 g/mol. The van der Waals surface area contributed by atoms with Crippen LogP contribution in [0, 0.1) is 0 Å². The lowest BCUT2D eigenvalue weighted by Crippen LogP contribution is -2.20. The van der Waals surface area contributed by atoms with Gasteiger partial charge in [0.2, 0.25) is 0 Å². The molecule has 0 amide bonds. The van der Waals surface area contributed by atoms with E-state index in [9.17, 15) is 0 Å². The van der Waals surface area contributed by atoms with Crippen molar-refractivity contribution in [2.75, 3.05) is 27.3 Å². The Morgan fingerprint density at radius 2 is 2.11 bits per heavy atom. The lowest BCUT2D eigenvalue weighted by atomic mass is 10.1. The second-order valence-corrected chi connectivity index (χ2v) is 5.56. The average Bonchev–Trinajstić information content (AvgIpc) is 3.21. The molecule has 0 atom stereocenters. The van der Waals surface area contributed by atoms with E-state index in [1.165, 1.54) is 24.0 Å². The monoisotopic (exact) mass is 262 g/mol. The number of nitrogens with one attached hydrogen (secondary N) is 1. The van der Waals surface area contributed by atoms with Gasteiger partial charge in [0.1, 0.15) is 0 Å². The molecule has 1 aliphatic carbocycles. The molecule has 0 aliphatic heterocycles. The highest BCUT2D eigenvalue weighted by Crippen LogP contribution is 2.19. The number of rotatable bonds is 9. The van der Waals surface area contributed by atoms with Gasteiger partial charge in [-0.15, -0.1) is 0 Å². The molecule has 1 saturated carbocycles. The van der Waals surface area contributed by atoms with Crippen molar-refractivity contribution in [2.24, 2.45) is 0 Å². The van der Waals surface area contributed by atoms with Crippen LogP contribution in [0.3, 0.4) is 0 Å². The molecule has 0 bridgehead atoms. The predicted octanol–water partition coefficient (Wildman–Crippen LogP) is 2.41. The summed E-state index contributed by atoms with van der Waals surface area (Å²) in [6, 6.07) is 9.70. The number of benzene rings is 1. The number of hydrogen-bond donors (Lipinski definition) is 1. The summed E-state index contributed by atoms with van der Waals surface area (Å²) in [7, 11) is 3.93. The molecule has 1 aliphatic rings. The maximum Gasteiger partial charge on any atom is 0.0474 e. The summed E-state index contributed by atoms with van der Waals surface area (Å²) < 4.78 is 5.09. The van der Waals surface area contributed by atoms with Gasteiger partial charge in [-0.3, -0.25) is 0 Å². The van der Waals surface area contributed by atoms with Crippen LogP contribution >= 0.6 is 0 Å². The number of nitrogens with zero attached hydrogens (tertiary/aromatic N) is 1. The largest absolute Gasteiger partial charge is 0.385 e. The minimum absolute atomic E-state index is 0.778. The molecule has 1 aromatic carbocycles. The van der Waals surface area contributed by atoms with Gasteiger partial charge >= 0.3 is 0 Å². The molecular formula is C16H26N2O. The topological polar surface area (TPSA) is 24.5 Å². The fraction of sp³-hybridized carbons (Fsp3) is 0.625. The van der Waals surface area contributed by atoms with E-state index in [0.29, 0.717) is 0 Å². The van der Waals surface area contributed by atoms with Gasteiger partial charge in [-0.05, 0) is 37.4 Å². The first-order chi connectivity index (χ1) is 9.28. The third-order valence-electron chi connectivity index (χ3n) is 3.50. The van der Waals surface area contributed by atoms with Crippen molar-refractivity contribution in [1.82, 2.24) is 10.2 Å². The highest BCUT2D eigenvalue weighted by atomic mass is 16.5. The Kier molecular flexibility index (Phi) is 5.83. The van der Waals surface area contributed by atoms with Crippen molar-refractivity contribution in [1.29, 1.82) is 0 Å². The molecule has 0 saturated heterocycles. The first kappa shape index (κ1) is 14.5. The van der Waals surface area contributed by atoms with Gasteiger partial charge in [0.05, 0.1) is 0 Å². The number of methoxy groups -OCH3 is 1. The number of ether oxygens (including phenoxy) is 1. The molecule has 2 rings (SSSR count). The minimum atomic E-state index is 0.778. The Morgan fingerprint density at radius 1 is 1.32 bits per heavy atom. The van der Waals surface area contributed by atoms with Gasteiger partial charge in [0.25, 0.3) is 0 Å². The summed E-state index contributed by atoms with van der Waals surface area (Å²) in [4.78, 5) is 2.35. The zero-order valence-electron chi connectivity index (χ0n) is 12.2. The van der Waals surface area contributed by atoms with Crippen molar-refractivity contribution >= 4 is 0 Å². The first-order valence-electron chi connectivity index (χ1n) is 7.26. The molecule has 0 aromatic heterocycles. The maximum atomic E-state index is 5.09. The van der Waals surface area contributed by atoms with E-state index in [-0.39, 0.29) is 0 Å². The smallest absolute Gasteiger partial charge is 0.0474 e. The summed E-state index contributed by atoms with van der Waals surface area (Å²) in [5.74, 6) is 0. The van der Waals surface area contributed by atoms with Crippen LogP contribution < -0.4 is 5.32 Å². The lowest BCUT2D eigenvalue weighted by molar-refractivity contribution is 0.178. The highest BCUT2D eigenvalue weighted by molar-refractivity contribution is 5.23. The van der Waals surface area contributed by atoms with Crippen molar-refractivity contribution in [3.8, 4) is 0 Å². The van der Waals surface area contributed by atoms with Gasteiger partial charge in [0.15, 0.2) is 0 Å². The van der Waals surface area contributed by atoms with Crippen LogP contribution in [0.25, 0.3) is 0 Å². The van der Waals surface area contributed by atoms with Crippen molar-refractivity contribution in [3.05, 3.63) is 35.4 Å². The van der Waals surface area contributed by atoms with E-state index >= 15 is 0 Å². The summed E-state index contributed by atoms with van der Waals surface area (Å²) >= 11 is 0. The highest BCUT2D eigenvalue weighted by Gasteiger charge is 2.19. The van der Waals surface area contributed by atoms with Gasteiger partial charge in [0, 0.05) is 39.4 Å². The molecule has 1 fully saturated rings. The third-order valence-corrected chi connectivity index (χ3v) is 3.50. The minimum Gasteiger partial charge on any atom is -0.385 e. The van der Waals surface area contributed by atoms with Crippen LogP contribution in [0.2, 0.25) is 0 Å². The molecule has 0 heterocycles. The van der Waals surface area contributed by atoms with Crippen molar-refractivity contribution < 1.29 is 4.74 Å². The van der Waals surface area contributed by atoms with Crippen LogP contribution in [0.4, 0.5) is 0 Å². The molecule has 19 heavy (non-hydrogen) atoms. The summed E-state index contributed by atoms with van der Waals surface area (Å²) in [5, 5.41) is 3.57. The van der Waals surface area contributed by atoms with E-state index < -0.39 is 0 Å². The Morgan fingerprint density at radius 3 is 2.84 bits per heavy atom. The summed E-state index contributed by atoms with van der Waals surface area (Å²) in [6.45, 7) is 3.95. The molecule has 106 valence electrons. The first-order valence-corrected chi connectivity index (χ1v) is 7.26. The predicted molar refractivity (Wildman–Crippen MR) is 79.1 cm³/mol. The molecule has 0 unspecified atom stereocenters. The number of hydrogen-bond acceptors (Lipinski definition) is 3. The third kappa shape index (κ3) is 5.72. The van der Waals surface area contributed by atoms with E-state index in [0.717, 1.165) is 38.7 Å². The summed E-state index contributed by atoms with van der Waals surface area (Å²) in [5.41, 5.74) is 2.80. The van der Waals surface area contributed by atoms with Crippen LogP contribution in [0.15, 0.2) is 24.3 Å². The molecule has 0 spiro atoms. The molecular weight excluding hydrogens is 236 g/mol. The normalized spacial score (nSPS) is 15.1. The van der Waals surface area contributed by atoms with Crippen LogP contribution in [-0.4, -0.2) is 38.3 Å². The Hall–Kier alpha value is -0.900. The van der Waals surface area contributed by atoms with E-state index in [2.05, 4.69) is 41.5 Å². The Balaban J connectivity index is 1.76. The van der Waals surface area contributed by atoms with Crippen molar-refractivity contribution in [2.45, 2.75) is 38.4 Å². The second-order valence-electron chi connectivity index (χ2n) is 5.56. The molecule has 3 heteroatoms. The fourth-order valence-electron chi connectivity index (χ4n) is 2.26. The molecule has 3 nitrogen and oxygen atoms in total. The summed E-state index contributed by atoms with van der Waals surface area (Å²) in [6.07, 6.45) is 3.79. The van der Waals surface area contributed by atoms with Gasteiger partial charge in [-0.1, -0.05) is 24.3 Å².